The summed E-state index contributed by atoms with van der Waals surface area (Å²) in [5.74, 6) is -0.764. The van der Waals surface area contributed by atoms with Gasteiger partial charge in [0.1, 0.15) is 0 Å². The van der Waals surface area contributed by atoms with Crippen molar-refractivity contribution in [1.29, 1.82) is 0 Å². The second kappa shape index (κ2) is 3.15. The summed E-state index contributed by atoms with van der Waals surface area (Å²) in [6.45, 7) is -0.144. The van der Waals surface area contributed by atoms with E-state index < -0.39 is 0 Å². The Hall–Kier alpha value is -0.680. The first-order valence-corrected chi connectivity index (χ1v) is 3.80. The number of hydrogen-bond acceptors (Lipinski definition) is 3. The first-order valence-electron chi connectivity index (χ1n) is 3.00. The highest BCUT2D eigenvalue weighted by Gasteiger charge is 2.28. The number of aliphatic hydroxyl groups is 1. The van der Waals surface area contributed by atoms with Crippen molar-refractivity contribution in [3.05, 3.63) is 10.6 Å². The van der Waals surface area contributed by atoms with Crippen LogP contribution in [0, 0.1) is 0 Å². The Kier molecular flexibility index (Phi) is 2.41. The smallest absolute Gasteiger partial charge is 0.268 e. The van der Waals surface area contributed by atoms with Crippen molar-refractivity contribution in [2.45, 2.75) is 0 Å². The molecule has 1 rings (SSSR count). The topological polar surface area (TPSA) is 57.6 Å². The van der Waals surface area contributed by atoms with Gasteiger partial charge in [-0.15, -0.1) is 0 Å². The van der Waals surface area contributed by atoms with Gasteiger partial charge < -0.3 is 5.11 Å². The molecule has 0 saturated carbocycles. The van der Waals surface area contributed by atoms with Gasteiger partial charge in [-0.3, -0.25) is 14.5 Å². The van der Waals surface area contributed by atoms with Crippen molar-refractivity contribution < 1.29 is 14.7 Å². The van der Waals surface area contributed by atoms with Gasteiger partial charge in [0.2, 0.25) is 0 Å². The van der Waals surface area contributed by atoms with Gasteiger partial charge in [-0.2, -0.15) is 0 Å². The zero-order valence-electron chi connectivity index (χ0n) is 5.58. The van der Waals surface area contributed by atoms with Crippen LogP contribution in [0.1, 0.15) is 0 Å². The largest absolute Gasteiger partial charge is 0.395 e. The second-order valence-corrected chi connectivity index (χ2v) is 2.87. The molecule has 4 nitrogen and oxygen atoms in total. The number of nitrogens with zero attached hydrogens (tertiary/aromatic N) is 1. The highest BCUT2D eigenvalue weighted by atomic mass is 79.9. The van der Waals surface area contributed by atoms with Gasteiger partial charge in [0.25, 0.3) is 11.8 Å². The molecule has 1 aliphatic heterocycles. The minimum absolute atomic E-state index is 0.0588. The quantitative estimate of drug-likeness (QED) is 0.645. The van der Waals surface area contributed by atoms with E-state index >= 15 is 0 Å². The zero-order valence-corrected chi connectivity index (χ0v) is 7.17. The molecule has 0 unspecified atom stereocenters. The molecule has 0 aromatic heterocycles. The highest BCUT2D eigenvalue weighted by molar-refractivity contribution is 9.12. The number of imide groups is 1. The van der Waals surface area contributed by atoms with Crippen LogP contribution in [0.15, 0.2) is 10.6 Å². The predicted octanol–water partition coefficient (Wildman–Crippen LogP) is -0.374. The fourth-order valence-electron chi connectivity index (χ4n) is 0.789. The molecule has 0 radical (unpaired) electrons. The van der Waals surface area contributed by atoms with Crippen LogP contribution in [0.25, 0.3) is 0 Å². The van der Waals surface area contributed by atoms with Gasteiger partial charge in [0, 0.05) is 6.08 Å². The van der Waals surface area contributed by atoms with Gasteiger partial charge in [-0.05, 0) is 15.9 Å². The summed E-state index contributed by atoms with van der Waals surface area (Å²) < 4.78 is 0.246. The molecule has 2 amide bonds. The van der Waals surface area contributed by atoms with E-state index in [-0.39, 0.29) is 29.4 Å². The van der Waals surface area contributed by atoms with Gasteiger partial charge >= 0.3 is 0 Å². The third-order valence-corrected chi connectivity index (χ3v) is 1.86. The molecule has 0 saturated heterocycles. The summed E-state index contributed by atoms with van der Waals surface area (Å²) in [4.78, 5) is 22.8. The van der Waals surface area contributed by atoms with E-state index in [9.17, 15) is 9.59 Å². The van der Waals surface area contributed by atoms with Crippen molar-refractivity contribution in [2.24, 2.45) is 0 Å². The molecule has 0 fully saturated rings. The normalized spacial score (nSPS) is 17.6. The van der Waals surface area contributed by atoms with Crippen LogP contribution in [0.4, 0.5) is 0 Å². The van der Waals surface area contributed by atoms with E-state index in [0.29, 0.717) is 0 Å². The first-order chi connectivity index (χ1) is 5.16. The molecule has 0 aliphatic carbocycles. The number of aliphatic hydroxyl groups excluding tert-OH is 1. The minimum Gasteiger partial charge on any atom is -0.395 e. The summed E-state index contributed by atoms with van der Waals surface area (Å²) in [5, 5.41) is 8.46. The molecule has 0 bridgehead atoms. The first kappa shape index (κ1) is 8.42. The van der Waals surface area contributed by atoms with E-state index in [1.54, 1.807) is 0 Å². The summed E-state index contributed by atoms with van der Waals surface area (Å²) in [7, 11) is 0. The number of halogens is 1. The van der Waals surface area contributed by atoms with Crippen molar-refractivity contribution >= 4 is 27.7 Å². The van der Waals surface area contributed by atoms with E-state index in [0.717, 1.165) is 4.90 Å². The SMILES string of the molecule is O=C1C=C(Br)C(=O)N1CCO. The summed E-state index contributed by atoms with van der Waals surface area (Å²) in [6, 6.07) is 0. The van der Waals surface area contributed by atoms with Crippen molar-refractivity contribution in [1.82, 2.24) is 4.90 Å². The maximum absolute atomic E-state index is 11.0. The summed E-state index contributed by atoms with van der Waals surface area (Å²) in [6.07, 6.45) is 1.19. The average Bonchev–Trinajstić information content (AvgIpc) is 2.17. The fraction of sp³-hybridized carbons (Fsp3) is 0.333. The maximum atomic E-state index is 11.0. The van der Waals surface area contributed by atoms with Crippen LogP contribution < -0.4 is 0 Å². The Bertz CT molecular complexity index is 236. The van der Waals surface area contributed by atoms with Crippen LogP contribution >= 0.6 is 15.9 Å². The molecule has 0 atom stereocenters. The lowest BCUT2D eigenvalue weighted by molar-refractivity contribution is -0.137. The summed E-state index contributed by atoms with van der Waals surface area (Å²) >= 11 is 2.92. The average molecular weight is 220 g/mol. The zero-order chi connectivity index (χ0) is 8.43. The lowest BCUT2D eigenvalue weighted by Gasteiger charge is -2.10. The van der Waals surface area contributed by atoms with Gasteiger partial charge in [0.05, 0.1) is 17.6 Å². The van der Waals surface area contributed by atoms with Crippen molar-refractivity contribution in [3.63, 3.8) is 0 Å². The van der Waals surface area contributed by atoms with Crippen LogP contribution in [-0.4, -0.2) is 35.0 Å². The molecule has 0 aromatic rings. The standard InChI is InChI=1S/C6H6BrNO3/c7-4-3-5(10)8(1-2-9)6(4)11/h3,9H,1-2H2. The van der Waals surface area contributed by atoms with E-state index in [1.165, 1.54) is 6.08 Å². The van der Waals surface area contributed by atoms with Crippen LogP contribution in [0.3, 0.4) is 0 Å². The Morgan fingerprint density at radius 3 is 2.55 bits per heavy atom. The van der Waals surface area contributed by atoms with E-state index in [1.807, 2.05) is 0 Å². The van der Waals surface area contributed by atoms with Crippen molar-refractivity contribution in [2.75, 3.05) is 13.2 Å². The summed E-state index contributed by atoms with van der Waals surface area (Å²) in [5.41, 5.74) is 0. The van der Waals surface area contributed by atoms with Gasteiger partial charge in [-0.25, -0.2) is 0 Å². The maximum Gasteiger partial charge on any atom is 0.268 e. The number of rotatable bonds is 2. The minimum atomic E-state index is -0.385. The Morgan fingerprint density at radius 1 is 1.55 bits per heavy atom. The van der Waals surface area contributed by atoms with Gasteiger partial charge in [0.15, 0.2) is 0 Å². The van der Waals surface area contributed by atoms with Crippen LogP contribution in [0.2, 0.25) is 0 Å². The van der Waals surface area contributed by atoms with Gasteiger partial charge in [-0.1, -0.05) is 0 Å². The Balaban J connectivity index is 2.73. The molecule has 11 heavy (non-hydrogen) atoms. The number of carbonyl (C=O) groups excluding carboxylic acids is 2. The number of carbonyl (C=O) groups is 2. The Labute approximate surface area is 71.6 Å². The number of hydrogen-bond donors (Lipinski definition) is 1. The highest BCUT2D eigenvalue weighted by Crippen LogP contribution is 2.16. The molecule has 0 aromatic carbocycles. The molecule has 0 spiro atoms. The lowest BCUT2D eigenvalue weighted by atomic mass is 10.5. The number of amides is 2. The molecule has 1 N–H and O–H groups in total. The predicted molar refractivity (Wildman–Crippen MR) is 40.8 cm³/mol. The molecule has 1 heterocycles. The van der Waals surface area contributed by atoms with E-state index in [2.05, 4.69) is 15.9 Å². The lowest BCUT2D eigenvalue weighted by Crippen LogP contribution is -2.33. The monoisotopic (exact) mass is 219 g/mol. The second-order valence-electron chi connectivity index (χ2n) is 2.01. The number of β-amino-alcohol motifs (C(OH)–C–C–N with tert-alkyl or cyclic N) is 1. The molecular formula is C6H6BrNO3. The molecule has 1 aliphatic rings. The third-order valence-electron chi connectivity index (χ3n) is 1.29. The fourth-order valence-corrected chi connectivity index (χ4v) is 1.20. The molecule has 60 valence electrons. The molecule has 5 heteroatoms. The molecular weight excluding hydrogens is 214 g/mol. The Morgan fingerprint density at radius 2 is 2.18 bits per heavy atom. The van der Waals surface area contributed by atoms with Crippen LogP contribution in [-0.2, 0) is 9.59 Å². The van der Waals surface area contributed by atoms with Crippen molar-refractivity contribution in [3.8, 4) is 0 Å². The third kappa shape index (κ3) is 1.49. The van der Waals surface area contributed by atoms with Crippen LogP contribution in [0.5, 0.6) is 0 Å². The van der Waals surface area contributed by atoms with E-state index in [4.69, 9.17) is 5.11 Å².